The van der Waals surface area contributed by atoms with Gasteiger partial charge in [0.15, 0.2) is 11.6 Å². The van der Waals surface area contributed by atoms with E-state index in [9.17, 15) is 8.78 Å². The highest BCUT2D eigenvalue weighted by Gasteiger charge is 2.08. The second-order valence-corrected chi connectivity index (χ2v) is 4.15. The van der Waals surface area contributed by atoms with Crippen molar-refractivity contribution in [2.75, 3.05) is 26.9 Å². The quantitative estimate of drug-likeness (QED) is 0.725. The molecule has 104 valence electrons. The molecule has 0 aliphatic rings. The Bertz CT molecular complexity index is 543. The maximum absolute atomic E-state index is 13.2. The van der Waals surface area contributed by atoms with Crippen LogP contribution in [0.3, 0.4) is 0 Å². The largest absolute Gasteiger partial charge is 0.382 e. The van der Waals surface area contributed by atoms with Gasteiger partial charge in [-0.25, -0.2) is 13.8 Å². The first kappa shape index (κ1) is 13.9. The Morgan fingerprint density at radius 2 is 1.95 bits per heavy atom. The molecule has 0 bridgehead atoms. The van der Waals surface area contributed by atoms with Gasteiger partial charge in [0.05, 0.1) is 30.6 Å². The molecule has 0 aliphatic heterocycles. The lowest BCUT2D eigenvalue weighted by atomic mass is 10.3. The summed E-state index contributed by atoms with van der Waals surface area (Å²) in [6.45, 7) is 2.36. The third-order valence-corrected chi connectivity index (χ3v) is 2.78. The van der Waals surface area contributed by atoms with Crippen molar-refractivity contribution in [1.29, 1.82) is 0 Å². The molecule has 0 unspecified atom stereocenters. The molecule has 19 heavy (non-hydrogen) atoms. The number of hydrogen-bond acceptors (Lipinski definition) is 3. The van der Waals surface area contributed by atoms with E-state index in [2.05, 4.69) is 4.98 Å². The molecule has 0 aliphatic carbocycles. The van der Waals surface area contributed by atoms with Crippen LogP contribution < -0.4 is 0 Å². The minimum Gasteiger partial charge on any atom is -0.382 e. The number of hydrogen-bond donors (Lipinski definition) is 0. The zero-order valence-electron chi connectivity index (χ0n) is 10.7. The Balaban J connectivity index is 1.92. The molecule has 0 radical (unpaired) electrons. The molecule has 1 heterocycles. The number of fused-ring (bicyclic) bond motifs is 1. The Labute approximate surface area is 109 Å². The molecule has 0 N–H and O–H groups in total. The first-order chi connectivity index (χ1) is 9.22. The molecule has 0 saturated carbocycles. The maximum atomic E-state index is 13.2. The number of methoxy groups -OCH3 is 1. The van der Waals surface area contributed by atoms with E-state index in [1.165, 1.54) is 6.07 Å². The van der Waals surface area contributed by atoms with Crippen molar-refractivity contribution >= 4 is 11.0 Å². The molecule has 2 rings (SSSR count). The monoisotopic (exact) mass is 270 g/mol. The molecule has 0 amide bonds. The van der Waals surface area contributed by atoms with Crippen molar-refractivity contribution < 1.29 is 18.3 Å². The first-order valence-corrected chi connectivity index (χ1v) is 6.09. The van der Waals surface area contributed by atoms with E-state index in [4.69, 9.17) is 9.47 Å². The second kappa shape index (κ2) is 6.58. The summed E-state index contributed by atoms with van der Waals surface area (Å²) in [5, 5.41) is 0. The highest BCUT2D eigenvalue weighted by molar-refractivity contribution is 5.75. The predicted molar refractivity (Wildman–Crippen MR) is 67.0 cm³/mol. The van der Waals surface area contributed by atoms with Crippen molar-refractivity contribution in [3.05, 3.63) is 30.1 Å². The van der Waals surface area contributed by atoms with E-state index in [-0.39, 0.29) is 0 Å². The lowest BCUT2D eigenvalue weighted by Gasteiger charge is -2.05. The summed E-state index contributed by atoms with van der Waals surface area (Å²) in [5.74, 6) is -1.73. The van der Waals surface area contributed by atoms with E-state index < -0.39 is 11.6 Å². The Morgan fingerprint density at radius 1 is 1.16 bits per heavy atom. The smallest absolute Gasteiger partial charge is 0.161 e. The SMILES string of the molecule is COCCOCCCn1cnc2cc(F)c(F)cc21. The van der Waals surface area contributed by atoms with Gasteiger partial charge in [0.2, 0.25) is 0 Å². The summed E-state index contributed by atoms with van der Waals surface area (Å²) in [6.07, 6.45) is 2.35. The molecule has 1 aromatic heterocycles. The fraction of sp³-hybridized carbons (Fsp3) is 0.462. The van der Waals surface area contributed by atoms with Crippen molar-refractivity contribution in [2.24, 2.45) is 0 Å². The van der Waals surface area contributed by atoms with E-state index in [1.807, 2.05) is 0 Å². The van der Waals surface area contributed by atoms with Crippen LogP contribution in [0, 0.1) is 11.6 Å². The van der Waals surface area contributed by atoms with E-state index in [1.54, 1.807) is 18.0 Å². The molecule has 0 spiro atoms. The summed E-state index contributed by atoms with van der Waals surface area (Å²) < 4.78 is 38.2. The molecule has 0 fully saturated rings. The van der Waals surface area contributed by atoms with Gasteiger partial charge in [-0.1, -0.05) is 0 Å². The van der Waals surface area contributed by atoms with Gasteiger partial charge in [0.1, 0.15) is 0 Å². The van der Waals surface area contributed by atoms with Crippen LogP contribution in [0.15, 0.2) is 18.5 Å². The summed E-state index contributed by atoms with van der Waals surface area (Å²) in [5.41, 5.74) is 1.05. The van der Waals surface area contributed by atoms with E-state index in [0.29, 0.717) is 37.4 Å². The number of aromatic nitrogens is 2. The molecule has 4 nitrogen and oxygen atoms in total. The van der Waals surface area contributed by atoms with Gasteiger partial charge in [-0.05, 0) is 6.42 Å². The number of aryl methyl sites for hydroxylation is 1. The minimum atomic E-state index is -0.874. The fourth-order valence-corrected chi connectivity index (χ4v) is 1.81. The van der Waals surface area contributed by atoms with Crippen molar-refractivity contribution in [3.63, 3.8) is 0 Å². The Hall–Kier alpha value is -1.53. The second-order valence-electron chi connectivity index (χ2n) is 4.15. The Morgan fingerprint density at radius 3 is 2.74 bits per heavy atom. The van der Waals surface area contributed by atoms with E-state index >= 15 is 0 Å². The molecular formula is C13H16F2N2O2. The zero-order valence-corrected chi connectivity index (χ0v) is 10.7. The van der Waals surface area contributed by atoms with Crippen LogP contribution in [-0.4, -0.2) is 36.5 Å². The number of imidazole rings is 1. The van der Waals surface area contributed by atoms with Gasteiger partial charge < -0.3 is 14.0 Å². The summed E-state index contributed by atoms with van der Waals surface area (Å²) in [4.78, 5) is 4.04. The number of nitrogens with zero attached hydrogens (tertiary/aromatic N) is 2. The third kappa shape index (κ3) is 3.48. The number of ether oxygens (including phenoxy) is 2. The average molecular weight is 270 g/mol. The summed E-state index contributed by atoms with van der Waals surface area (Å²) >= 11 is 0. The topological polar surface area (TPSA) is 36.3 Å². The minimum absolute atomic E-state index is 0.458. The van der Waals surface area contributed by atoms with E-state index in [0.717, 1.165) is 12.5 Å². The van der Waals surface area contributed by atoms with Crippen LogP contribution in [0.1, 0.15) is 6.42 Å². The average Bonchev–Trinajstić information content (AvgIpc) is 2.77. The molecule has 0 saturated heterocycles. The van der Waals surface area contributed by atoms with Crippen LogP contribution in [-0.2, 0) is 16.0 Å². The number of benzene rings is 1. The first-order valence-electron chi connectivity index (χ1n) is 6.09. The molecule has 1 aromatic carbocycles. The van der Waals surface area contributed by atoms with Crippen LogP contribution in [0.5, 0.6) is 0 Å². The highest BCUT2D eigenvalue weighted by Crippen LogP contribution is 2.17. The number of halogens is 2. The standard InChI is InChI=1S/C13H16F2N2O2/c1-18-5-6-19-4-2-3-17-9-16-12-7-10(14)11(15)8-13(12)17/h7-9H,2-6H2,1H3. The highest BCUT2D eigenvalue weighted by atomic mass is 19.2. The number of rotatable bonds is 7. The molecular weight excluding hydrogens is 254 g/mol. The van der Waals surface area contributed by atoms with Crippen molar-refractivity contribution in [2.45, 2.75) is 13.0 Å². The van der Waals surface area contributed by atoms with Gasteiger partial charge in [-0.2, -0.15) is 0 Å². The van der Waals surface area contributed by atoms with Crippen molar-refractivity contribution in [1.82, 2.24) is 9.55 Å². The lowest BCUT2D eigenvalue weighted by molar-refractivity contribution is 0.0681. The summed E-state index contributed by atoms with van der Waals surface area (Å²) in [6, 6.07) is 2.28. The lowest BCUT2D eigenvalue weighted by Crippen LogP contribution is -2.06. The molecule has 0 atom stereocenters. The molecule has 6 heteroatoms. The maximum Gasteiger partial charge on any atom is 0.161 e. The van der Waals surface area contributed by atoms with Gasteiger partial charge in [0.25, 0.3) is 0 Å². The predicted octanol–water partition coefficient (Wildman–Crippen LogP) is 2.37. The normalized spacial score (nSPS) is 11.3. The van der Waals surface area contributed by atoms with Gasteiger partial charge >= 0.3 is 0 Å². The van der Waals surface area contributed by atoms with Crippen LogP contribution in [0.4, 0.5) is 8.78 Å². The van der Waals surface area contributed by atoms with Crippen LogP contribution >= 0.6 is 0 Å². The summed E-state index contributed by atoms with van der Waals surface area (Å²) in [7, 11) is 1.62. The Kier molecular flexibility index (Phi) is 4.81. The van der Waals surface area contributed by atoms with Gasteiger partial charge in [-0.15, -0.1) is 0 Å². The zero-order chi connectivity index (χ0) is 13.7. The fourth-order valence-electron chi connectivity index (χ4n) is 1.81. The van der Waals surface area contributed by atoms with Gasteiger partial charge in [0, 0.05) is 32.4 Å². The van der Waals surface area contributed by atoms with Crippen LogP contribution in [0.2, 0.25) is 0 Å². The third-order valence-electron chi connectivity index (χ3n) is 2.78. The van der Waals surface area contributed by atoms with Gasteiger partial charge in [-0.3, -0.25) is 0 Å². The molecule has 2 aromatic rings. The van der Waals surface area contributed by atoms with Crippen LogP contribution in [0.25, 0.3) is 11.0 Å². The van der Waals surface area contributed by atoms with Crippen molar-refractivity contribution in [3.8, 4) is 0 Å².